The Morgan fingerprint density at radius 1 is 0.952 bits per heavy atom. The number of carbonyl (C=O) groups excluding carboxylic acids is 2. The van der Waals surface area contributed by atoms with Crippen molar-refractivity contribution in [3.8, 4) is 5.75 Å². The zero-order chi connectivity index (χ0) is 29.6. The van der Waals surface area contributed by atoms with Crippen molar-refractivity contribution in [2.75, 3.05) is 30.7 Å². The van der Waals surface area contributed by atoms with Crippen LogP contribution < -0.4 is 26.8 Å². The number of amides is 2. The third-order valence-electron chi connectivity index (χ3n) is 6.77. The monoisotopic (exact) mass is 576 g/mol. The molecule has 1 aliphatic heterocycles. The molecule has 2 amide bonds. The van der Waals surface area contributed by atoms with E-state index in [1.807, 2.05) is 0 Å². The molecule has 0 saturated carbocycles. The van der Waals surface area contributed by atoms with Crippen LogP contribution in [-0.2, 0) is 27.2 Å². The van der Waals surface area contributed by atoms with Crippen LogP contribution in [-0.4, -0.2) is 79.6 Å². The number of anilines is 2. The van der Waals surface area contributed by atoms with Gasteiger partial charge in [0.05, 0.1) is 19.2 Å². The first-order valence-electron chi connectivity index (χ1n) is 13.3. The SMILES string of the molecule is NCCNC(=O)Cc1ccc(NC(=O)Cc2ccc(OC[C@H]3O[C@@H](n4cnc5c(N)ncnc54)[C@H](O)[C@@H]3O)cc2)cc1. The molecule has 220 valence electrons. The first kappa shape index (κ1) is 28.9. The number of aliphatic hydroxyl groups excluding tert-OH is 2. The summed E-state index contributed by atoms with van der Waals surface area (Å²) in [6.45, 7) is 0.792. The molecule has 3 heterocycles. The summed E-state index contributed by atoms with van der Waals surface area (Å²) < 4.78 is 13.2. The molecular formula is C28H32N8O6. The van der Waals surface area contributed by atoms with Crippen LogP contribution in [0.25, 0.3) is 11.2 Å². The van der Waals surface area contributed by atoms with Gasteiger partial charge in [-0.3, -0.25) is 14.2 Å². The molecular weight excluding hydrogens is 544 g/mol. The number of ether oxygens (including phenoxy) is 2. The highest BCUT2D eigenvalue weighted by Crippen LogP contribution is 2.32. The van der Waals surface area contributed by atoms with Gasteiger partial charge in [0.25, 0.3) is 0 Å². The quantitative estimate of drug-likeness (QED) is 0.139. The van der Waals surface area contributed by atoms with Crippen LogP contribution in [0.2, 0.25) is 0 Å². The number of nitrogen functional groups attached to an aromatic ring is 1. The van der Waals surface area contributed by atoms with E-state index in [4.69, 9.17) is 20.9 Å². The summed E-state index contributed by atoms with van der Waals surface area (Å²) in [5.41, 5.74) is 14.2. The maximum atomic E-state index is 12.5. The van der Waals surface area contributed by atoms with Gasteiger partial charge in [-0.05, 0) is 35.4 Å². The number of nitrogens with zero attached hydrogens (tertiary/aromatic N) is 4. The number of aromatic nitrogens is 4. The zero-order valence-corrected chi connectivity index (χ0v) is 22.6. The molecule has 1 aliphatic rings. The fourth-order valence-electron chi connectivity index (χ4n) is 4.59. The largest absolute Gasteiger partial charge is 0.491 e. The summed E-state index contributed by atoms with van der Waals surface area (Å²) in [6.07, 6.45) is -1.12. The Labute approximate surface area is 240 Å². The van der Waals surface area contributed by atoms with E-state index in [0.717, 1.165) is 11.1 Å². The fourth-order valence-corrected chi connectivity index (χ4v) is 4.59. The summed E-state index contributed by atoms with van der Waals surface area (Å²) in [5, 5.41) is 26.7. The molecule has 14 heteroatoms. The van der Waals surface area contributed by atoms with E-state index in [0.29, 0.717) is 35.7 Å². The van der Waals surface area contributed by atoms with Crippen LogP contribution in [0.4, 0.5) is 11.5 Å². The van der Waals surface area contributed by atoms with Crippen molar-refractivity contribution in [1.82, 2.24) is 24.8 Å². The molecule has 4 atom stereocenters. The second-order valence-electron chi connectivity index (χ2n) is 9.82. The number of hydrogen-bond acceptors (Lipinski definition) is 11. The first-order valence-corrected chi connectivity index (χ1v) is 13.3. The zero-order valence-electron chi connectivity index (χ0n) is 22.6. The molecule has 14 nitrogen and oxygen atoms in total. The number of aliphatic hydroxyl groups is 2. The normalized spacial score (nSPS) is 20.0. The Hall–Kier alpha value is -4.63. The Kier molecular flexibility index (Phi) is 8.88. The average Bonchev–Trinajstić information content (AvgIpc) is 3.54. The Bertz CT molecular complexity index is 1530. The average molecular weight is 577 g/mol. The maximum absolute atomic E-state index is 12.5. The standard InChI is InChI=1S/C28H32N8O6/c29-9-10-31-21(37)11-16-1-5-18(6-2-16)35-22(38)12-17-3-7-19(8-4-17)41-13-20-24(39)25(40)28(42-20)36-15-34-23-26(30)32-14-33-27(23)36/h1-8,14-15,20,24-25,28,39-40H,9-13,29H2,(H,31,37)(H,35,38)(H2,30,32,33)/t20-,24-,25-,28-/m1/s1. The van der Waals surface area contributed by atoms with E-state index >= 15 is 0 Å². The lowest BCUT2D eigenvalue weighted by Gasteiger charge is -2.16. The highest BCUT2D eigenvalue weighted by atomic mass is 16.6. The van der Waals surface area contributed by atoms with Crippen molar-refractivity contribution < 1.29 is 29.3 Å². The molecule has 42 heavy (non-hydrogen) atoms. The highest BCUT2D eigenvalue weighted by Gasteiger charge is 2.44. The van der Waals surface area contributed by atoms with Crippen LogP contribution in [0.1, 0.15) is 17.4 Å². The van der Waals surface area contributed by atoms with Crippen molar-refractivity contribution in [3.63, 3.8) is 0 Å². The number of nitrogens with one attached hydrogen (secondary N) is 2. The van der Waals surface area contributed by atoms with Gasteiger partial charge < -0.3 is 41.8 Å². The van der Waals surface area contributed by atoms with Gasteiger partial charge in [-0.15, -0.1) is 0 Å². The lowest BCUT2D eigenvalue weighted by Crippen LogP contribution is -2.34. The van der Waals surface area contributed by atoms with Gasteiger partial charge in [-0.1, -0.05) is 24.3 Å². The van der Waals surface area contributed by atoms with E-state index in [1.54, 1.807) is 48.5 Å². The maximum Gasteiger partial charge on any atom is 0.228 e. The number of rotatable bonds is 11. The van der Waals surface area contributed by atoms with Gasteiger partial charge in [-0.2, -0.15) is 0 Å². The lowest BCUT2D eigenvalue weighted by molar-refractivity contribution is -0.120. The van der Waals surface area contributed by atoms with Crippen molar-refractivity contribution in [1.29, 1.82) is 0 Å². The molecule has 2 aromatic heterocycles. The minimum absolute atomic E-state index is 0.0248. The topological polar surface area (TPSA) is 213 Å². The van der Waals surface area contributed by atoms with Crippen LogP contribution in [0.3, 0.4) is 0 Å². The molecule has 5 rings (SSSR count). The Morgan fingerprint density at radius 3 is 2.36 bits per heavy atom. The van der Waals surface area contributed by atoms with Crippen molar-refractivity contribution in [2.45, 2.75) is 37.4 Å². The van der Waals surface area contributed by atoms with Gasteiger partial charge in [-0.25, -0.2) is 15.0 Å². The minimum Gasteiger partial charge on any atom is -0.491 e. The number of benzene rings is 2. The smallest absolute Gasteiger partial charge is 0.228 e. The van der Waals surface area contributed by atoms with Crippen molar-refractivity contribution >= 4 is 34.5 Å². The Morgan fingerprint density at radius 2 is 1.64 bits per heavy atom. The van der Waals surface area contributed by atoms with Gasteiger partial charge in [0.1, 0.15) is 42.5 Å². The number of carbonyl (C=O) groups is 2. The van der Waals surface area contributed by atoms with Gasteiger partial charge in [0.2, 0.25) is 11.8 Å². The van der Waals surface area contributed by atoms with Crippen LogP contribution in [0.5, 0.6) is 5.75 Å². The van der Waals surface area contributed by atoms with Gasteiger partial charge in [0.15, 0.2) is 17.7 Å². The Balaban J connectivity index is 1.10. The molecule has 0 unspecified atom stereocenters. The van der Waals surface area contributed by atoms with E-state index in [1.165, 1.54) is 17.2 Å². The van der Waals surface area contributed by atoms with E-state index in [-0.39, 0.29) is 37.1 Å². The molecule has 0 aliphatic carbocycles. The summed E-state index contributed by atoms with van der Waals surface area (Å²) in [5.74, 6) is 0.401. The molecule has 0 bridgehead atoms. The third kappa shape index (κ3) is 6.63. The van der Waals surface area contributed by atoms with Crippen molar-refractivity contribution in [2.24, 2.45) is 5.73 Å². The van der Waals surface area contributed by atoms with E-state index in [2.05, 4.69) is 25.6 Å². The number of hydrogen-bond donors (Lipinski definition) is 6. The van der Waals surface area contributed by atoms with Crippen LogP contribution >= 0.6 is 0 Å². The molecule has 1 saturated heterocycles. The molecule has 2 aromatic carbocycles. The molecule has 1 fully saturated rings. The first-order chi connectivity index (χ1) is 20.3. The highest BCUT2D eigenvalue weighted by molar-refractivity contribution is 5.92. The molecule has 0 radical (unpaired) electrons. The van der Waals surface area contributed by atoms with E-state index < -0.39 is 24.5 Å². The number of imidazole rings is 1. The molecule has 0 spiro atoms. The molecule has 4 aromatic rings. The lowest BCUT2D eigenvalue weighted by atomic mass is 10.1. The second kappa shape index (κ2) is 12.9. The van der Waals surface area contributed by atoms with Crippen LogP contribution in [0, 0.1) is 0 Å². The van der Waals surface area contributed by atoms with Gasteiger partial charge >= 0.3 is 0 Å². The second-order valence-corrected chi connectivity index (χ2v) is 9.82. The number of fused-ring (bicyclic) bond motifs is 1. The van der Waals surface area contributed by atoms with E-state index in [9.17, 15) is 19.8 Å². The number of nitrogens with two attached hydrogens (primary N) is 2. The predicted molar refractivity (Wildman–Crippen MR) is 152 cm³/mol. The summed E-state index contributed by atoms with van der Waals surface area (Å²) in [7, 11) is 0. The summed E-state index contributed by atoms with van der Waals surface area (Å²) in [6, 6.07) is 14.0. The van der Waals surface area contributed by atoms with Crippen molar-refractivity contribution in [3.05, 3.63) is 72.3 Å². The third-order valence-corrected chi connectivity index (χ3v) is 6.77. The predicted octanol–water partition coefficient (Wildman–Crippen LogP) is -0.0947. The fraction of sp³-hybridized carbons (Fsp3) is 0.321. The van der Waals surface area contributed by atoms with Gasteiger partial charge in [0, 0.05) is 18.8 Å². The van der Waals surface area contributed by atoms with Crippen LogP contribution in [0.15, 0.2) is 61.2 Å². The summed E-state index contributed by atoms with van der Waals surface area (Å²) >= 11 is 0. The minimum atomic E-state index is -1.25. The summed E-state index contributed by atoms with van der Waals surface area (Å²) in [4.78, 5) is 36.6. The molecule has 8 N–H and O–H groups in total.